The van der Waals surface area contributed by atoms with Crippen LogP contribution in [0, 0.1) is 6.92 Å². The molecule has 1 aromatic heterocycles. The Kier molecular flexibility index (Phi) is 4.58. The van der Waals surface area contributed by atoms with Crippen LogP contribution in [-0.4, -0.2) is 47.6 Å². The monoisotopic (exact) mass is 263 g/mol. The molecule has 5 nitrogen and oxygen atoms in total. The number of nitrogens with zero attached hydrogens (tertiary/aromatic N) is 4. The minimum Gasteiger partial charge on any atom is -0.368 e. The molecule has 0 spiro atoms. The first-order valence-corrected chi connectivity index (χ1v) is 7.12. The predicted octanol–water partition coefficient (Wildman–Crippen LogP) is 1.68. The maximum Gasteiger partial charge on any atom is 0.221 e. The lowest BCUT2D eigenvalue weighted by atomic mass is 10.2. The van der Waals surface area contributed by atoms with Gasteiger partial charge in [-0.05, 0) is 46.2 Å². The highest BCUT2D eigenvalue weighted by Gasteiger charge is 2.18. The van der Waals surface area contributed by atoms with E-state index in [4.69, 9.17) is 5.73 Å². The topological polar surface area (TPSA) is 58.3 Å². The second kappa shape index (κ2) is 6.19. The molecule has 1 saturated heterocycles. The smallest absolute Gasteiger partial charge is 0.221 e. The first kappa shape index (κ1) is 14.1. The zero-order valence-corrected chi connectivity index (χ0v) is 12.3. The average molecular weight is 263 g/mol. The molecule has 1 atom stereocenters. The first-order valence-electron chi connectivity index (χ1n) is 7.12. The van der Waals surface area contributed by atoms with E-state index in [-0.39, 0.29) is 0 Å². The average Bonchev–Trinajstić information content (AvgIpc) is 2.92. The Bertz CT molecular complexity index is 414. The summed E-state index contributed by atoms with van der Waals surface area (Å²) in [6.07, 6.45) is 5.64. The fourth-order valence-corrected chi connectivity index (χ4v) is 2.68. The molecule has 0 amide bonds. The van der Waals surface area contributed by atoms with Gasteiger partial charge in [0.1, 0.15) is 5.82 Å². The van der Waals surface area contributed by atoms with Crippen molar-refractivity contribution in [3.05, 3.63) is 11.8 Å². The zero-order chi connectivity index (χ0) is 13.8. The highest BCUT2D eigenvalue weighted by atomic mass is 15.2. The van der Waals surface area contributed by atoms with Crippen LogP contribution in [0.15, 0.2) is 6.20 Å². The fourth-order valence-electron chi connectivity index (χ4n) is 2.68. The van der Waals surface area contributed by atoms with Gasteiger partial charge in [-0.25, -0.2) is 4.98 Å². The highest BCUT2D eigenvalue weighted by Crippen LogP contribution is 2.18. The van der Waals surface area contributed by atoms with Gasteiger partial charge in [-0.2, -0.15) is 4.98 Å². The van der Waals surface area contributed by atoms with E-state index in [1.165, 1.54) is 25.9 Å². The summed E-state index contributed by atoms with van der Waals surface area (Å²) in [5.74, 6) is 1.29. The molecule has 2 heterocycles. The maximum atomic E-state index is 5.66. The van der Waals surface area contributed by atoms with Crippen LogP contribution in [-0.2, 0) is 0 Å². The Balaban J connectivity index is 1.89. The number of rotatable bonds is 5. The number of nitrogens with two attached hydrogens (primary N) is 1. The third-order valence-corrected chi connectivity index (χ3v) is 3.97. The normalized spacial score (nSPS) is 17.6. The fraction of sp³-hybridized carbons (Fsp3) is 0.714. The lowest BCUT2D eigenvalue weighted by Crippen LogP contribution is -2.34. The van der Waals surface area contributed by atoms with Crippen molar-refractivity contribution in [2.24, 2.45) is 0 Å². The van der Waals surface area contributed by atoms with E-state index >= 15 is 0 Å². The van der Waals surface area contributed by atoms with Crippen molar-refractivity contribution in [1.82, 2.24) is 14.9 Å². The maximum absolute atomic E-state index is 5.66. The highest BCUT2D eigenvalue weighted by molar-refractivity contribution is 5.47. The lowest BCUT2D eigenvalue weighted by molar-refractivity contribution is 0.249. The molecule has 1 aliphatic rings. The van der Waals surface area contributed by atoms with Crippen molar-refractivity contribution in [1.29, 1.82) is 0 Å². The molecule has 1 aromatic rings. The van der Waals surface area contributed by atoms with Gasteiger partial charge in [0, 0.05) is 31.4 Å². The van der Waals surface area contributed by atoms with Crippen LogP contribution in [0.1, 0.15) is 31.7 Å². The van der Waals surface area contributed by atoms with Gasteiger partial charge in [0.2, 0.25) is 5.95 Å². The Morgan fingerprint density at radius 2 is 2.11 bits per heavy atom. The first-order chi connectivity index (χ1) is 9.08. The summed E-state index contributed by atoms with van der Waals surface area (Å²) >= 11 is 0. The number of anilines is 2. The summed E-state index contributed by atoms with van der Waals surface area (Å²) in [5, 5.41) is 0. The van der Waals surface area contributed by atoms with Crippen molar-refractivity contribution in [2.45, 2.75) is 39.2 Å². The van der Waals surface area contributed by atoms with Crippen LogP contribution in [0.4, 0.5) is 11.8 Å². The molecule has 2 rings (SSSR count). The van der Waals surface area contributed by atoms with Gasteiger partial charge >= 0.3 is 0 Å². The van der Waals surface area contributed by atoms with Crippen LogP contribution < -0.4 is 10.6 Å². The number of aryl methyl sites for hydroxylation is 1. The van der Waals surface area contributed by atoms with Gasteiger partial charge in [0.15, 0.2) is 0 Å². The van der Waals surface area contributed by atoms with Crippen LogP contribution in [0.25, 0.3) is 0 Å². The third kappa shape index (κ3) is 3.56. The van der Waals surface area contributed by atoms with E-state index in [1.807, 2.05) is 6.92 Å². The quantitative estimate of drug-likeness (QED) is 0.876. The number of hydrogen-bond acceptors (Lipinski definition) is 5. The molecule has 2 N–H and O–H groups in total. The number of aromatic nitrogens is 2. The SMILES string of the molecule is Cc1cnc(N)nc1N(C)CCC(C)N1CCCC1. The van der Waals surface area contributed by atoms with Gasteiger partial charge < -0.3 is 15.5 Å². The second-order valence-corrected chi connectivity index (χ2v) is 5.54. The van der Waals surface area contributed by atoms with E-state index in [1.54, 1.807) is 6.20 Å². The van der Waals surface area contributed by atoms with Gasteiger partial charge in [-0.15, -0.1) is 0 Å². The number of nitrogen functional groups attached to an aromatic ring is 1. The van der Waals surface area contributed by atoms with Crippen molar-refractivity contribution in [3.63, 3.8) is 0 Å². The minimum absolute atomic E-state index is 0.347. The molecule has 0 saturated carbocycles. The summed E-state index contributed by atoms with van der Waals surface area (Å²) < 4.78 is 0. The second-order valence-electron chi connectivity index (χ2n) is 5.54. The summed E-state index contributed by atoms with van der Waals surface area (Å²) in [7, 11) is 2.07. The molecule has 0 aromatic carbocycles. The van der Waals surface area contributed by atoms with E-state index in [0.717, 1.165) is 24.3 Å². The molecule has 1 fully saturated rings. The summed E-state index contributed by atoms with van der Waals surface area (Å²) in [5.41, 5.74) is 6.74. The summed E-state index contributed by atoms with van der Waals surface area (Å²) in [4.78, 5) is 13.1. The Morgan fingerprint density at radius 1 is 1.42 bits per heavy atom. The zero-order valence-electron chi connectivity index (χ0n) is 12.3. The van der Waals surface area contributed by atoms with Gasteiger partial charge in [0.25, 0.3) is 0 Å². The van der Waals surface area contributed by atoms with Crippen molar-refractivity contribution in [2.75, 3.05) is 37.3 Å². The van der Waals surface area contributed by atoms with Gasteiger partial charge in [-0.3, -0.25) is 0 Å². The molecule has 0 bridgehead atoms. The largest absolute Gasteiger partial charge is 0.368 e. The summed E-state index contributed by atoms with van der Waals surface area (Å²) in [6.45, 7) is 7.85. The van der Waals surface area contributed by atoms with E-state index < -0.39 is 0 Å². The van der Waals surface area contributed by atoms with Gasteiger partial charge in [0.05, 0.1) is 0 Å². The van der Waals surface area contributed by atoms with Crippen molar-refractivity contribution >= 4 is 11.8 Å². The number of likely N-dealkylation sites (tertiary alicyclic amines) is 1. The number of hydrogen-bond donors (Lipinski definition) is 1. The lowest BCUT2D eigenvalue weighted by Gasteiger charge is -2.27. The molecular weight excluding hydrogens is 238 g/mol. The molecule has 0 radical (unpaired) electrons. The van der Waals surface area contributed by atoms with E-state index in [2.05, 4.69) is 33.7 Å². The third-order valence-electron chi connectivity index (χ3n) is 3.97. The van der Waals surface area contributed by atoms with Crippen molar-refractivity contribution < 1.29 is 0 Å². The minimum atomic E-state index is 0.347. The molecule has 106 valence electrons. The predicted molar refractivity (Wildman–Crippen MR) is 79.3 cm³/mol. The molecule has 19 heavy (non-hydrogen) atoms. The molecular formula is C14H25N5. The van der Waals surface area contributed by atoms with Gasteiger partial charge in [-0.1, -0.05) is 0 Å². The Labute approximate surface area is 115 Å². The van der Waals surface area contributed by atoms with Crippen LogP contribution >= 0.6 is 0 Å². The standard InChI is InChI=1S/C14H25N5/c1-11-10-16-14(15)17-13(11)18(3)9-6-12(2)19-7-4-5-8-19/h10,12H,4-9H2,1-3H3,(H2,15,16,17). The Morgan fingerprint density at radius 3 is 2.79 bits per heavy atom. The van der Waals surface area contributed by atoms with E-state index in [9.17, 15) is 0 Å². The van der Waals surface area contributed by atoms with Crippen molar-refractivity contribution in [3.8, 4) is 0 Å². The molecule has 1 aliphatic heterocycles. The molecule has 5 heteroatoms. The van der Waals surface area contributed by atoms with Crippen LogP contribution in [0.3, 0.4) is 0 Å². The molecule has 1 unspecified atom stereocenters. The van der Waals surface area contributed by atoms with Crippen LogP contribution in [0.2, 0.25) is 0 Å². The Hall–Kier alpha value is -1.36. The van der Waals surface area contributed by atoms with Crippen LogP contribution in [0.5, 0.6) is 0 Å². The summed E-state index contributed by atoms with van der Waals surface area (Å²) in [6, 6.07) is 0.643. The van der Waals surface area contributed by atoms with E-state index in [0.29, 0.717) is 12.0 Å². The molecule has 0 aliphatic carbocycles.